The molecule has 6 rings (SSSR count). The van der Waals surface area contributed by atoms with E-state index in [2.05, 4.69) is 26.0 Å². The number of nitrogens with one attached hydrogen (secondary N) is 1. The maximum Gasteiger partial charge on any atom is 0.245 e. The third-order valence-electron chi connectivity index (χ3n) is 7.82. The number of aromatic nitrogens is 4. The number of piperazine rings is 1. The van der Waals surface area contributed by atoms with Gasteiger partial charge in [0.1, 0.15) is 26.5 Å². The number of hydrogen-bond donors (Lipinski definition) is 1. The Morgan fingerprint density at radius 2 is 1.88 bits per heavy atom. The van der Waals surface area contributed by atoms with Crippen LogP contribution in [0.2, 0.25) is 5.15 Å². The molecule has 0 spiro atoms. The first kappa shape index (κ1) is 27.3. The smallest absolute Gasteiger partial charge is 0.245 e. The molecule has 0 bridgehead atoms. The maximum atomic E-state index is 16.4. The highest BCUT2D eigenvalue weighted by Crippen LogP contribution is 2.49. The van der Waals surface area contributed by atoms with Crippen molar-refractivity contribution in [1.29, 1.82) is 5.26 Å². The molecule has 0 radical (unpaired) electrons. The molecule has 0 unspecified atom stereocenters. The number of imidazole rings is 1. The minimum Gasteiger partial charge on any atom is -0.364 e. The Morgan fingerprint density at radius 3 is 2.45 bits per heavy atom. The Kier molecular flexibility index (Phi) is 6.38. The van der Waals surface area contributed by atoms with E-state index >= 15 is 4.39 Å². The summed E-state index contributed by atoms with van der Waals surface area (Å²) >= 11 is 7.80. The number of nitriles is 1. The predicted molar refractivity (Wildman–Crippen MR) is 147 cm³/mol. The second-order valence-corrected chi connectivity index (χ2v) is 14.3. The molecule has 0 aromatic carbocycles. The number of anilines is 1. The lowest BCUT2D eigenvalue weighted by atomic mass is 10.1. The fourth-order valence-electron chi connectivity index (χ4n) is 4.95. The van der Waals surface area contributed by atoms with Crippen LogP contribution in [-0.4, -0.2) is 70.5 Å². The van der Waals surface area contributed by atoms with E-state index in [0.717, 1.165) is 0 Å². The highest BCUT2D eigenvalue weighted by Gasteiger charge is 2.48. The van der Waals surface area contributed by atoms with Crippen LogP contribution in [0.15, 0.2) is 11.1 Å². The summed E-state index contributed by atoms with van der Waals surface area (Å²) in [7, 11) is -4.26. The van der Waals surface area contributed by atoms with Gasteiger partial charge in [0.2, 0.25) is 15.9 Å². The topological polar surface area (TPSA) is 137 Å². The van der Waals surface area contributed by atoms with Crippen molar-refractivity contribution in [2.45, 2.75) is 62.3 Å². The van der Waals surface area contributed by atoms with E-state index in [1.54, 1.807) is 16.7 Å². The molecule has 212 valence electrons. The van der Waals surface area contributed by atoms with Crippen LogP contribution in [0.25, 0.3) is 16.3 Å². The molecule has 11 nitrogen and oxygen atoms in total. The fraction of sp³-hybridized carbons (Fsp3) is 0.560. The number of halogens is 2. The first-order chi connectivity index (χ1) is 18.9. The number of nitrogens with zero attached hydrogens (tertiary/aromatic N) is 7. The molecule has 4 heterocycles. The molecule has 0 atom stereocenters. The number of pyridine rings is 1. The Labute approximate surface area is 240 Å². The maximum absolute atomic E-state index is 16.4. The van der Waals surface area contributed by atoms with Gasteiger partial charge in [0.25, 0.3) is 0 Å². The summed E-state index contributed by atoms with van der Waals surface area (Å²) in [6.45, 7) is 6.70. The largest absolute Gasteiger partial charge is 0.364 e. The summed E-state index contributed by atoms with van der Waals surface area (Å²) in [5.41, 5.74) is -1.07. The summed E-state index contributed by atoms with van der Waals surface area (Å²) in [5, 5.41) is 18.9. The van der Waals surface area contributed by atoms with Gasteiger partial charge in [-0.15, -0.1) is 10.2 Å². The number of carbonyl (C=O) groups excluding carboxylic acids is 1. The van der Waals surface area contributed by atoms with Crippen LogP contribution >= 0.6 is 22.9 Å². The number of amides is 1. The van der Waals surface area contributed by atoms with E-state index in [9.17, 15) is 18.5 Å². The van der Waals surface area contributed by atoms with Crippen molar-refractivity contribution in [2.75, 3.05) is 31.1 Å². The van der Waals surface area contributed by atoms with Crippen molar-refractivity contribution < 1.29 is 17.6 Å². The fourth-order valence-corrected chi connectivity index (χ4v) is 7.78. The average Bonchev–Trinajstić information content (AvgIpc) is 3.77. The zero-order valence-corrected chi connectivity index (χ0v) is 24.6. The van der Waals surface area contributed by atoms with E-state index in [4.69, 9.17) is 11.6 Å². The average molecular weight is 607 g/mol. The molecule has 40 heavy (non-hydrogen) atoms. The third kappa shape index (κ3) is 4.52. The van der Waals surface area contributed by atoms with Gasteiger partial charge in [-0.2, -0.15) is 5.26 Å². The molecular formula is C25H28ClFN8O3S2. The molecule has 1 saturated heterocycles. The Morgan fingerprint density at radius 1 is 1.20 bits per heavy atom. The van der Waals surface area contributed by atoms with Crippen molar-refractivity contribution in [3.63, 3.8) is 0 Å². The van der Waals surface area contributed by atoms with E-state index in [1.165, 1.54) is 21.9 Å². The Hall–Kier alpha value is -2.86. The molecule has 3 fully saturated rings. The highest BCUT2D eigenvalue weighted by molar-refractivity contribution is 7.89. The van der Waals surface area contributed by atoms with E-state index in [0.29, 0.717) is 48.8 Å². The van der Waals surface area contributed by atoms with Crippen molar-refractivity contribution in [2.24, 2.45) is 5.92 Å². The number of fused-ring (bicyclic) bond motifs is 1. The number of sulfonamides is 1. The van der Waals surface area contributed by atoms with Gasteiger partial charge in [-0.25, -0.2) is 22.5 Å². The zero-order chi connectivity index (χ0) is 28.6. The van der Waals surface area contributed by atoms with Crippen molar-refractivity contribution >= 4 is 50.1 Å². The Bertz CT molecular complexity index is 1680. The molecule has 1 N–H and O–H groups in total. The zero-order valence-electron chi connectivity index (χ0n) is 22.2. The molecule has 1 amide bonds. The van der Waals surface area contributed by atoms with Gasteiger partial charge in [0.15, 0.2) is 21.8 Å². The van der Waals surface area contributed by atoms with Gasteiger partial charge in [0, 0.05) is 43.8 Å². The number of hydrogen-bond acceptors (Lipinski definition) is 9. The van der Waals surface area contributed by atoms with Crippen molar-refractivity contribution in [3.8, 4) is 16.9 Å². The highest BCUT2D eigenvalue weighted by atomic mass is 35.5. The summed E-state index contributed by atoms with van der Waals surface area (Å²) in [5.74, 6) is -0.883. The monoisotopic (exact) mass is 606 g/mol. The van der Waals surface area contributed by atoms with Crippen molar-refractivity contribution in [1.82, 2.24) is 29.2 Å². The van der Waals surface area contributed by atoms with E-state index in [-0.39, 0.29) is 47.1 Å². The second-order valence-electron chi connectivity index (χ2n) is 11.3. The number of rotatable bonds is 7. The predicted octanol–water partition coefficient (Wildman–Crippen LogP) is 3.34. The lowest BCUT2D eigenvalue weighted by Crippen LogP contribution is -2.50. The SMILES string of the molecule is CC(C)C(=O)N1CCN(c2c(F)c(S(=O)(=O)NC3(C)CC3)cn3c(-c4nnc(C5(C#N)CC5)s4)nc(Cl)c23)CC1. The lowest BCUT2D eigenvalue weighted by Gasteiger charge is -2.37. The normalized spacial score (nSPS) is 19.7. The van der Waals surface area contributed by atoms with Crippen LogP contribution in [0.3, 0.4) is 0 Å². The molecule has 3 aromatic rings. The van der Waals surface area contributed by atoms with Gasteiger partial charge in [-0.05, 0) is 32.6 Å². The van der Waals surface area contributed by atoms with Gasteiger partial charge in [0.05, 0.1) is 6.07 Å². The van der Waals surface area contributed by atoms with Crippen LogP contribution in [-0.2, 0) is 20.2 Å². The van der Waals surface area contributed by atoms with Gasteiger partial charge in [-0.1, -0.05) is 36.8 Å². The summed E-state index contributed by atoms with van der Waals surface area (Å²) in [4.78, 5) is 19.9. The van der Waals surface area contributed by atoms with Gasteiger partial charge >= 0.3 is 0 Å². The minimum atomic E-state index is -4.26. The molecule has 1 aliphatic heterocycles. The van der Waals surface area contributed by atoms with E-state index in [1.807, 2.05) is 13.8 Å². The molecule has 3 aromatic heterocycles. The summed E-state index contributed by atoms with van der Waals surface area (Å²) < 4.78 is 47.4. The third-order valence-corrected chi connectivity index (χ3v) is 10.8. The molecule has 2 saturated carbocycles. The van der Waals surface area contributed by atoms with Crippen LogP contribution in [0.4, 0.5) is 10.1 Å². The molecule has 15 heteroatoms. The summed E-state index contributed by atoms with van der Waals surface area (Å²) in [6, 6.07) is 2.29. The Balaban J connectivity index is 1.48. The van der Waals surface area contributed by atoms with Gasteiger partial charge in [-0.3, -0.25) is 9.20 Å². The standard InChI is InChI=1S/C25H28ClFN8O3S2/c1-14(2)22(36)34-10-8-33(9-11-34)17-16(27)15(40(37,38)32-24(3)4-5-24)12-35-18(17)19(26)29-20(35)21-30-31-23(39-21)25(13-28)6-7-25/h12,14,32H,4-11H2,1-3H3. The second kappa shape index (κ2) is 9.34. The summed E-state index contributed by atoms with van der Waals surface area (Å²) in [6.07, 6.45) is 3.88. The molecule has 3 aliphatic rings. The minimum absolute atomic E-state index is 0.00430. The van der Waals surface area contributed by atoms with Crippen LogP contribution in [0.1, 0.15) is 51.5 Å². The molecule has 2 aliphatic carbocycles. The molecular weight excluding hydrogens is 579 g/mol. The van der Waals surface area contributed by atoms with Crippen LogP contribution < -0.4 is 9.62 Å². The first-order valence-electron chi connectivity index (χ1n) is 13.1. The number of carbonyl (C=O) groups is 1. The van der Waals surface area contributed by atoms with Gasteiger partial charge < -0.3 is 9.80 Å². The van der Waals surface area contributed by atoms with E-state index < -0.39 is 31.7 Å². The lowest BCUT2D eigenvalue weighted by molar-refractivity contribution is -0.134. The quantitative estimate of drug-likeness (QED) is 0.432. The first-order valence-corrected chi connectivity index (χ1v) is 15.8. The van der Waals surface area contributed by atoms with Crippen LogP contribution in [0.5, 0.6) is 0 Å². The van der Waals surface area contributed by atoms with Crippen molar-refractivity contribution in [3.05, 3.63) is 22.2 Å². The van der Waals surface area contributed by atoms with Crippen LogP contribution in [0, 0.1) is 23.1 Å².